The number of benzene rings is 1. The fourth-order valence-corrected chi connectivity index (χ4v) is 4.38. The predicted molar refractivity (Wildman–Crippen MR) is 102 cm³/mol. The van der Waals surface area contributed by atoms with Crippen molar-refractivity contribution in [3.63, 3.8) is 0 Å². The largest absolute Gasteiger partial charge is 0.484 e. The molecule has 0 unspecified atom stereocenters. The lowest BCUT2D eigenvalue weighted by molar-refractivity contribution is -0.128. The molecule has 30 heavy (non-hydrogen) atoms. The van der Waals surface area contributed by atoms with Crippen LogP contribution >= 0.6 is 11.6 Å². The molecule has 1 atom stereocenters. The lowest BCUT2D eigenvalue weighted by atomic mass is 9.92. The molecular formula is C19H21ClF3N5O2. The molecule has 1 saturated heterocycles. The summed E-state index contributed by atoms with van der Waals surface area (Å²) in [6.45, 7) is 1.25. The van der Waals surface area contributed by atoms with Crippen LogP contribution < -0.4 is 10.1 Å². The van der Waals surface area contributed by atoms with Crippen molar-refractivity contribution in [2.75, 3.05) is 19.6 Å². The van der Waals surface area contributed by atoms with Crippen molar-refractivity contribution in [1.82, 2.24) is 25.2 Å². The van der Waals surface area contributed by atoms with Crippen molar-refractivity contribution >= 4 is 17.5 Å². The number of nitrogens with zero attached hydrogens (tertiary/aromatic N) is 4. The Hall–Kier alpha value is -2.33. The fourth-order valence-electron chi connectivity index (χ4n) is 4.09. The molecule has 1 amide bonds. The third-order valence-electron chi connectivity index (χ3n) is 5.52. The van der Waals surface area contributed by atoms with Gasteiger partial charge in [0.2, 0.25) is 5.91 Å². The zero-order valence-electron chi connectivity index (χ0n) is 16.3. The number of carbonyl (C=O) groups excluding carboxylic acids is 1. The first-order chi connectivity index (χ1) is 14.4. The highest BCUT2D eigenvalue weighted by Gasteiger charge is 2.32. The van der Waals surface area contributed by atoms with E-state index < -0.39 is 12.2 Å². The van der Waals surface area contributed by atoms with E-state index in [1.54, 1.807) is 4.90 Å². The Bertz CT molecular complexity index is 968. The fraction of sp³-hybridized carbons (Fsp3) is 0.526. The lowest BCUT2D eigenvalue weighted by Gasteiger charge is -2.32. The van der Waals surface area contributed by atoms with E-state index >= 15 is 0 Å². The minimum Gasteiger partial charge on any atom is -0.484 e. The van der Waals surface area contributed by atoms with Gasteiger partial charge in [0.05, 0.1) is 6.04 Å². The monoisotopic (exact) mass is 443 g/mol. The van der Waals surface area contributed by atoms with E-state index in [9.17, 15) is 18.0 Å². The summed E-state index contributed by atoms with van der Waals surface area (Å²) in [5, 5.41) is 10.9. The van der Waals surface area contributed by atoms with Gasteiger partial charge in [0.15, 0.2) is 11.6 Å². The first-order valence-corrected chi connectivity index (χ1v) is 10.1. The first kappa shape index (κ1) is 20.9. The molecule has 4 rings (SSSR count). The van der Waals surface area contributed by atoms with Gasteiger partial charge in [-0.15, -0.1) is 5.10 Å². The number of aromatic nitrogens is 3. The van der Waals surface area contributed by atoms with Gasteiger partial charge < -0.3 is 15.0 Å². The second kappa shape index (κ2) is 8.43. The maximum Gasteiger partial charge on any atom is 0.282 e. The Kier molecular flexibility index (Phi) is 5.88. The molecule has 0 spiro atoms. The molecule has 7 nitrogen and oxygen atoms in total. The number of rotatable bonds is 6. The molecule has 2 aliphatic rings. The smallest absolute Gasteiger partial charge is 0.282 e. The summed E-state index contributed by atoms with van der Waals surface area (Å²) in [5.41, 5.74) is 0.811. The van der Waals surface area contributed by atoms with Gasteiger partial charge in [0, 0.05) is 37.1 Å². The number of amides is 1. The summed E-state index contributed by atoms with van der Waals surface area (Å²) < 4.78 is 48.1. The number of likely N-dealkylation sites (tertiary alicyclic amines) is 1. The minimum absolute atomic E-state index is 0.0510. The zero-order valence-corrected chi connectivity index (χ0v) is 17.1. The molecule has 0 saturated carbocycles. The summed E-state index contributed by atoms with van der Waals surface area (Å²) in [5.74, 6) is -0.707. The van der Waals surface area contributed by atoms with Crippen molar-refractivity contribution in [3.8, 4) is 5.75 Å². The topological polar surface area (TPSA) is 72.3 Å². The van der Waals surface area contributed by atoms with Crippen LogP contribution in [0.1, 0.15) is 47.8 Å². The third kappa shape index (κ3) is 3.85. The Morgan fingerprint density at radius 1 is 1.40 bits per heavy atom. The molecule has 162 valence electrons. The summed E-state index contributed by atoms with van der Waals surface area (Å²) in [7, 11) is 1.36. The lowest BCUT2D eigenvalue weighted by Crippen LogP contribution is -2.40. The van der Waals surface area contributed by atoms with Crippen molar-refractivity contribution in [2.24, 2.45) is 7.05 Å². The number of ether oxygens (including phenoxy) is 1. The highest BCUT2D eigenvalue weighted by molar-refractivity contribution is 6.31. The molecule has 11 heteroatoms. The second-order valence-corrected chi connectivity index (χ2v) is 7.80. The van der Waals surface area contributed by atoms with Crippen LogP contribution in [0.2, 0.25) is 5.02 Å². The van der Waals surface area contributed by atoms with E-state index in [0.717, 1.165) is 16.7 Å². The van der Waals surface area contributed by atoms with Crippen LogP contribution in [0.5, 0.6) is 5.75 Å². The van der Waals surface area contributed by atoms with E-state index in [2.05, 4.69) is 15.6 Å². The Labute approximate surface area is 176 Å². The number of nitrogens with one attached hydrogen (secondary N) is 1. The van der Waals surface area contributed by atoms with Crippen LogP contribution in [0.15, 0.2) is 6.07 Å². The molecule has 2 aromatic rings. The van der Waals surface area contributed by atoms with Crippen LogP contribution in [0.3, 0.4) is 0 Å². The first-order valence-electron chi connectivity index (χ1n) is 9.68. The molecule has 1 aromatic carbocycles. The van der Waals surface area contributed by atoms with E-state index in [-0.39, 0.29) is 40.7 Å². The summed E-state index contributed by atoms with van der Waals surface area (Å²) >= 11 is 6.29. The van der Waals surface area contributed by atoms with Gasteiger partial charge in [-0.1, -0.05) is 16.8 Å². The standard InChI is InChI=1S/C19H21ClF3N5O2/c1-27-17(19(22)23)14(25-26-27)9-30-18-12(21)7-11(20)10-4-5-24-13(16(10)18)8-28-6-2-3-15(28)29/h7,13,19,24H,2-6,8-9H2,1H3/t13-/m1/s1. The maximum absolute atomic E-state index is 14.9. The van der Waals surface area contributed by atoms with E-state index in [4.69, 9.17) is 16.3 Å². The maximum atomic E-state index is 14.9. The van der Waals surface area contributed by atoms with Gasteiger partial charge in [0.1, 0.15) is 18.0 Å². The SMILES string of the molecule is Cn1nnc(COc2c(F)cc(Cl)c3c2[C@@H](CN2CCCC2=O)NCC3)c1C(F)F. The average molecular weight is 444 g/mol. The van der Waals surface area contributed by atoms with Crippen LogP contribution in [-0.4, -0.2) is 45.4 Å². The van der Waals surface area contributed by atoms with Crippen molar-refractivity contribution in [1.29, 1.82) is 0 Å². The van der Waals surface area contributed by atoms with Crippen molar-refractivity contribution in [3.05, 3.63) is 39.4 Å². The van der Waals surface area contributed by atoms with Crippen molar-refractivity contribution in [2.45, 2.75) is 38.3 Å². The number of alkyl halides is 2. The molecule has 0 radical (unpaired) electrons. The van der Waals surface area contributed by atoms with Crippen LogP contribution in [0.25, 0.3) is 0 Å². The summed E-state index contributed by atoms with van der Waals surface area (Å²) in [6.07, 6.45) is -0.948. The molecule has 2 aliphatic heterocycles. The highest BCUT2D eigenvalue weighted by atomic mass is 35.5. The molecule has 0 aliphatic carbocycles. The van der Waals surface area contributed by atoms with Gasteiger partial charge in [-0.2, -0.15) is 0 Å². The molecule has 1 fully saturated rings. The number of hydrogen-bond acceptors (Lipinski definition) is 5. The van der Waals surface area contributed by atoms with Crippen LogP contribution in [0, 0.1) is 5.82 Å². The zero-order chi connectivity index (χ0) is 21.4. The minimum atomic E-state index is -2.79. The quantitative estimate of drug-likeness (QED) is 0.743. The number of halogens is 4. The second-order valence-electron chi connectivity index (χ2n) is 7.40. The molecule has 1 N–H and O–H groups in total. The van der Waals surface area contributed by atoms with Gasteiger partial charge in [-0.25, -0.2) is 17.9 Å². The Morgan fingerprint density at radius 2 is 2.20 bits per heavy atom. The molecular weight excluding hydrogens is 423 g/mol. The van der Waals surface area contributed by atoms with Crippen molar-refractivity contribution < 1.29 is 22.7 Å². The molecule has 3 heterocycles. The number of fused-ring (bicyclic) bond motifs is 1. The van der Waals surface area contributed by atoms with Gasteiger partial charge in [-0.3, -0.25) is 4.79 Å². The predicted octanol–water partition coefficient (Wildman–Crippen LogP) is 2.93. The normalized spacial score (nSPS) is 18.9. The Morgan fingerprint density at radius 3 is 2.90 bits per heavy atom. The summed E-state index contributed by atoms with van der Waals surface area (Å²) in [6, 6.07) is 0.791. The molecule has 1 aromatic heterocycles. The van der Waals surface area contributed by atoms with Crippen LogP contribution in [-0.2, 0) is 24.9 Å². The molecule has 0 bridgehead atoms. The third-order valence-corrected chi connectivity index (χ3v) is 5.86. The number of aryl methyl sites for hydroxylation is 1. The van der Waals surface area contributed by atoms with Gasteiger partial charge >= 0.3 is 0 Å². The summed E-state index contributed by atoms with van der Waals surface area (Å²) in [4.78, 5) is 13.8. The van der Waals surface area contributed by atoms with Crippen LogP contribution in [0.4, 0.5) is 13.2 Å². The van der Waals surface area contributed by atoms with E-state index in [1.807, 2.05) is 0 Å². The number of carbonyl (C=O) groups is 1. The van der Waals surface area contributed by atoms with E-state index in [0.29, 0.717) is 38.0 Å². The van der Waals surface area contributed by atoms with E-state index in [1.165, 1.54) is 13.1 Å². The number of hydrogen-bond donors (Lipinski definition) is 1. The highest BCUT2D eigenvalue weighted by Crippen LogP contribution is 2.39. The average Bonchev–Trinajstić information content (AvgIpc) is 3.27. The Balaban J connectivity index is 1.66. The van der Waals surface area contributed by atoms with Gasteiger partial charge in [0.25, 0.3) is 6.43 Å². The van der Waals surface area contributed by atoms with Gasteiger partial charge in [-0.05, 0) is 31.0 Å².